The number of rotatable bonds is 4. The van der Waals surface area contributed by atoms with Gasteiger partial charge < -0.3 is 25.2 Å². The van der Waals surface area contributed by atoms with Gasteiger partial charge in [0, 0.05) is 67.2 Å². The molecule has 2 heterocycles. The molecule has 2 amide bonds. The summed E-state index contributed by atoms with van der Waals surface area (Å²) >= 11 is 0. The maximum atomic E-state index is 12.5. The number of morpholine rings is 1. The molecule has 32 heavy (non-hydrogen) atoms. The number of ether oxygens (including phenoxy) is 1. The summed E-state index contributed by atoms with van der Waals surface area (Å²) in [7, 11) is 1.63. The third kappa shape index (κ3) is 4.17. The summed E-state index contributed by atoms with van der Waals surface area (Å²) in [4.78, 5) is 28.7. The second-order valence-electron chi connectivity index (χ2n) is 8.61. The van der Waals surface area contributed by atoms with Gasteiger partial charge in [-0.1, -0.05) is 6.92 Å². The molecule has 2 N–H and O–H groups in total. The monoisotopic (exact) mass is 436 g/mol. The van der Waals surface area contributed by atoms with Gasteiger partial charge in [0.25, 0.3) is 5.91 Å². The van der Waals surface area contributed by atoms with E-state index >= 15 is 0 Å². The zero-order valence-electron chi connectivity index (χ0n) is 19.2. The van der Waals surface area contributed by atoms with Crippen LogP contribution in [0.4, 0.5) is 17.1 Å². The number of carbonyl (C=O) groups excluding carboxylic acids is 2. The fourth-order valence-electron chi connectivity index (χ4n) is 4.75. The van der Waals surface area contributed by atoms with E-state index in [9.17, 15) is 9.59 Å². The van der Waals surface area contributed by atoms with Gasteiger partial charge in [0.05, 0.1) is 19.3 Å². The molecule has 4 rings (SSSR count). The van der Waals surface area contributed by atoms with Crippen molar-refractivity contribution in [2.45, 2.75) is 32.9 Å². The minimum atomic E-state index is -0.103. The van der Waals surface area contributed by atoms with E-state index < -0.39 is 0 Å². The van der Waals surface area contributed by atoms with Crippen LogP contribution in [0.25, 0.3) is 0 Å². The number of hydrogen-bond acceptors (Lipinski definition) is 5. The fraction of sp³-hybridized carbons (Fsp3) is 0.440. The summed E-state index contributed by atoms with van der Waals surface area (Å²) in [6, 6.07) is 14.0. The quantitative estimate of drug-likeness (QED) is 0.768. The molecule has 2 aliphatic heterocycles. The number of carbonyl (C=O) groups is 2. The number of anilines is 3. The maximum Gasteiger partial charge on any atom is 0.251 e. The Kier molecular flexibility index (Phi) is 6.37. The van der Waals surface area contributed by atoms with Crippen molar-refractivity contribution in [1.82, 2.24) is 5.32 Å². The molecule has 0 aliphatic carbocycles. The van der Waals surface area contributed by atoms with Crippen LogP contribution < -0.4 is 20.4 Å². The number of nitrogens with zero attached hydrogens (tertiary/aromatic N) is 2. The third-order valence-electron chi connectivity index (χ3n) is 6.71. The van der Waals surface area contributed by atoms with Crippen molar-refractivity contribution >= 4 is 28.9 Å². The number of nitrogens with one attached hydrogen (secondary N) is 2. The van der Waals surface area contributed by atoms with E-state index in [0.29, 0.717) is 5.56 Å². The summed E-state index contributed by atoms with van der Waals surface area (Å²) in [6.07, 6.45) is 0. The molecule has 1 fully saturated rings. The molecule has 0 bridgehead atoms. The van der Waals surface area contributed by atoms with Crippen LogP contribution in [-0.2, 0) is 9.53 Å². The number of benzene rings is 2. The summed E-state index contributed by atoms with van der Waals surface area (Å²) in [5, 5.41) is 6.33. The van der Waals surface area contributed by atoms with E-state index in [0.717, 1.165) is 48.9 Å². The van der Waals surface area contributed by atoms with Crippen molar-refractivity contribution in [1.29, 1.82) is 0 Å². The molecule has 0 radical (unpaired) electrons. The van der Waals surface area contributed by atoms with Crippen molar-refractivity contribution in [3.05, 3.63) is 53.6 Å². The molecule has 7 nitrogen and oxygen atoms in total. The van der Waals surface area contributed by atoms with Crippen molar-refractivity contribution in [2.75, 3.05) is 48.5 Å². The van der Waals surface area contributed by atoms with Gasteiger partial charge in [0.2, 0.25) is 5.91 Å². The summed E-state index contributed by atoms with van der Waals surface area (Å²) < 4.78 is 5.51. The van der Waals surface area contributed by atoms with Gasteiger partial charge in [-0.05, 0) is 49.4 Å². The van der Waals surface area contributed by atoms with Crippen molar-refractivity contribution in [2.24, 2.45) is 5.92 Å². The van der Waals surface area contributed by atoms with Crippen LogP contribution in [-0.4, -0.2) is 51.2 Å². The zero-order chi connectivity index (χ0) is 22.8. The molecule has 2 aliphatic rings. The summed E-state index contributed by atoms with van der Waals surface area (Å²) in [5.41, 5.74) is 4.80. The van der Waals surface area contributed by atoms with E-state index in [1.165, 1.54) is 0 Å². The first kappa shape index (κ1) is 22.1. The van der Waals surface area contributed by atoms with Crippen molar-refractivity contribution < 1.29 is 14.3 Å². The molecular weight excluding hydrogens is 404 g/mol. The predicted octanol–water partition coefficient (Wildman–Crippen LogP) is 3.43. The van der Waals surface area contributed by atoms with E-state index in [1.54, 1.807) is 14.0 Å². The Morgan fingerprint density at radius 2 is 1.72 bits per heavy atom. The fourth-order valence-corrected chi connectivity index (χ4v) is 4.75. The Morgan fingerprint density at radius 3 is 2.34 bits per heavy atom. The lowest BCUT2D eigenvalue weighted by Gasteiger charge is -2.44. The second-order valence-corrected chi connectivity index (χ2v) is 8.61. The number of hydrogen-bond donors (Lipinski definition) is 2. The van der Waals surface area contributed by atoms with Gasteiger partial charge in [-0.15, -0.1) is 0 Å². The van der Waals surface area contributed by atoms with Crippen LogP contribution in [0.15, 0.2) is 42.5 Å². The van der Waals surface area contributed by atoms with Crippen molar-refractivity contribution in [3.63, 3.8) is 0 Å². The van der Waals surface area contributed by atoms with E-state index in [2.05, 4.69) is 47.6 Å². The van der Waals surface area contributed by atoms with Gasteiger partial charge >= 0.3 is 0 Å². The Balaban J connectivity index is 1.70. The molecule has 2 aromatic carbocycles. The Bertz CT molecular complexity index is 985. The Morgan fingerprint density at radius 1 is 1.03 bits per heavy atom. The van der Waals surface area contributed by atoms with Crippen LogP contribution in [0.3, 0.4) is 0 Å². The van der Waals surface area contributed by atoms with Gasteiger partial charge in [0.1, 0.15) is 0 Å². The summed E-state index contributed by atoms with van der Waals surface area (Å²) in [5.74, 6) is 0.136. The molecule has 1 saturated heterocycles. The van der Waals surface area contributed by atoms with Gasteiger partial charge in [0.15, 0.2) is 0 Å². The Labute approximate surface area is 189 Å². The average molecular weight is 437 g/mol. The standard InChI is InChI=1S/C25H32N4O3/c1-16-17(2)29(18(3)30)23-10-9-21(28-11-13-32-14-12-28)15-22(23)24(16)27-20-7-5-19(6-8-20)25(31)26-4/h5-10,15-17,24,27H,11-14H2,1-4H3,(H,26,31)/t16-,17-,24+/m0/s1. The largest absolute Gasteiger partial charge is 0.378 e. The lowest BCUT2D eigenvalue weighted by atomic mass is 9.82. The molecule has 7 heteroatoms. The molecular formula is C25H32N4O3. The normalized spacial score (nSPS) is 22.8. The van der Waals surface area contributed by atoms with Crippen LogP contribution in [0, 0.1) is 5.92 Å². The van der Waals surface area contributed by atoms with Crippen LogP contribution in [0.1, 0.15) is 42.7 Å². The van der Waals surface area contributed by atoms with Crippen LogP contribution in [0.5, 0.6) is 0 Å². The maximum absolute atomic E-state index is 12.5. The Hall–Kier alpha value is -3.06. The highest BCUT2D eigenvalue weighted by Gasteiger charge is 2.38. The highest BCUT2D eigenvalue weighted by Crippen LogP contribution is 2.44. The summed E-state index contributed by atoms with van der Waals surface area (Å²) in [6.45, 7) is 9.09. The predicted molar refractivity (Wildman–Crippen MR) is 127 cm³/mol. The zero-order valence-corrected chi connectivity index (χ0v) is 19.2. The minimum Gasteiger partial charge on any atom is -0.378 e. The lowest BCUT2D eigenvalue weighted by Crippen LogP contribution is -2.48. The average Bonchev–Trinajstić information content (AvgIpc) is 2.82. The van der Waals surface area contributed by atoms with E-state index in [4.69, 9.17) is 4.74 Å². The first-order chi connectivity index (χ1) is 15.4. The first-order valence-corrected chi connectivity index (χ1v) is 11.3. The van der Waals surface area contributed by atoms with Crippen molar-refractivity contribution in [3.8, 4) is 0 Å². The van der Waals surface area contributed by atoms with Crippen LogP contribution in [0.2, 0.25) is 0 Å². The molecule has 170 valence electrons. The second kappa shape index (κ2) is 9.20. The number of amides is 2. The molecule has 0 spiro atoms. The molecule has 0 unspecified atom stereocenters. The molecule has 2 aromatic rings. The number of fused-ring (bicyclic) bond motifs is 1. The molecule has 3 atom stereocenters. The SMILES string of the molecule is CNC(=O)c1ccc(N[C@H]2c3cc(N4CCOCC4)ccc3N(C(C)=O)[C@@H](C)[C@@H]2C)cc1. The van der Waals surface area contributed by atoms with Gasteiger partial charge in [-0.25, -0.2) is 0 Å². The molecule has 0 saturated carbocycles. The van der Waals surface area contributed by atoms with E-state index in [-0.39, 0.29) is 29.8 Å². The minimum absolute atomic E-state index is 0.0300. The van der Waals surface area contributed by atoms with Crippen LogP contribution >= 0.6 is 0 Å². The van der Waals surface area contributed by atoms with Gasteiger partial charge in [-0.2, -0.15) is 0 Å². The first-order valence-electron chi connectivity index (χ1n) is 11.3. The third-order valence-corrected chi connectivity index (χ3v) is 6.71. The lowest BCUT2D eigenvalue weighted by molar-refractivity contribution is -0.117. The molecule has 0 aromatic heterocycles. The highest BCUT2D eigenvalue weighted by atomic mass is 16.5. The topological polar surface area (TPSA) is 73.9 Å². The highest BCUT2D eigenvalue weighted by molar-refractivity contribution is 5.95. The smallest absolute Gasteiger partial charge is 0.251 e. The van der Waals surface area contributed by atoms with Gasteiger partial charge in [-0.3, -0.25) is 9.59 Å². The van der Waals surface area contributed by atoms with E-state index in [1.807, 2.05) is 29.2 Å².